The highest BCUT2D eigenvalue weighted by Gasteiger charge is 2.49. The molecule has 0 spiro atoms. The lowest BCUT2D eigenvalue weighted by atomic mass is 9.82. The number of halogens is 3. The fourth-order valence-electron chi connectivity index (χ4n) is 3.88. The summed E-state index contributed by atoms with van der Waals surface area (Å²) in [5, 5.41) is 5.09. The van der Waals surface area contributed by atoms with Crippen LogP contribution in [-0.4, -0.2) is 67.4 Å². The summed E-state index contributed by atoms with van der Waals surface area (Å²) in [4.78, 5) is 47.6. The number of rotatable bonds is 11. The van der Waals surface area contributed by atoms with Crippen molar-refractivity contribution in [2.45, 2.75) is 65.2 Å². The highest BCUT2D eigenvalue weighted by Crippen LogP contribution is 2.57. The molecule has 2 aliphatic rings. The van der Waals surface area contributed by atoms with Crippen LogP contribution in [0.3, 0.4) is 0 Å². The highest BCUT2D eigenvalue weighted by atomic mass is 32.2. The molecule has 1 heterocycles. The number of alkyl halides is 3. The zero-order chi connectivity index (χ0) is 28.6. The van der Waals surface area contributed by atoms with Gasteiger partial charge >= 0.3 is 20.0 Å². The van der Waals surface area contributed by atoms with Gasteiger partial charge in [0.05, 0.1) is 18.4 Å². The Hall–Kier alpha value is -1.67. The number of phosphoric acid groups is 1. The van der Waals surface area contributed by atoms with E-state index in [0.29, 0.717) is 12.3 Å². The Morgan fingerprint density at radius 1 is 1.08 bits per heavy atom. The number of phosphoric ester groups is 1. The third kappa shape index (κ3) is 10.5. The number of carbonyl (C=O) groups excluding carboxylic acids is 4. The topological polar surface area (TPSA) is 146 Å². The largest absolute Gasteiger partial charge is 0.478 e. The lowest BCUT2D eigenvalue weighted by molar-refractivity contribution is -0.188. The van der Waals surface area contributed by atoms with E-state index >= 15 is 0 Å². The first kappa shape index (κ1) is 32.5. The fraction of sp³-hybridized carbons (Fsp3) is 0.818. The minimum Gasteiger partial charge on any atom is -0.438 e. The smallest absolute Gasteiger partial charge is 0.438 e. The van der Waals surface area contributed by atoms with Crippen LogP contribution in [0.4, 0.5) is 13.2 Å². The number of ether oxygens (including phenoxy) is 1. The molecule has 1 saturated heterocycles. The number of thioether (sulfide) groups is 1. The highest BCUT2D eigenvalue weighted by molar-refractivity contribution is 8.13. The molecular formula is C22H34F3N2O9PS. The van der Waals surface area contributed by atoms with Gasteiger partial charge in [-0.2, -0.15) is 13.2 Å². The van der Waals surface area contributed by atoms with Gasteiger partial charge in [0.25, 0.3) is 0 Å². The molecule has 2 amide bonds. The van der Waals surface area contributed by atoms with E-state index in [-0.39, 0.29) is 56.3 Å². The molecule has 2 rings (SSSR count). The molecule has 1 saturated carbocycles. The monoisotopic (exact) mass is 590 g/mol. The third-order valence-electron chi connectivity index (χ3n) is 6.09. The molecule has 16 heteroatoms. The Labute approximate surface area is 223 Å². The molecule has 2 N–H and O–H groups in total. The molecule has 218 valence electrons. The number of amides is 2. The van der Waals surface area contributed by atoms with Crippen molar-refractivity contribution < 1.29 is 55.2 Å². The molecule has 0 radical (unpaired) electrons. The second-order valence-corrected chi connectivity index (χ2v) is 12.6. The van der Waals surface area contributed by atoms with E-state index in [1.807, 2.05) is 0 Å². The zero-order valence-corrected chi connectivity index (χ0v) is 23.2. The predicted molar refractivity (Wildman–Crippen MR) is 130 cm³/mol. The van der Waals surface area contributed by atoms with E-state index in [2.05, 4.69) is 10.6 Å². The van der Waals surface area contributed by atoms with Crippen LogP contribution in [0.15, 0.2) is 0 Å². The predicted octanol–water partition coefficient (Wildman–Crippen LogP) is 3.32. The lowest BCUT2D eigenvalue weighted by Gasteiger charge is -2.39. The second-order valence-electron chi connectivity index (χ2n) is 9.73. The molecule has 0 aromatic rings. The number of nitrogens with one attached hydrogen (secondary N) is 2. The zero-order valence-electron chi connectivity index (χ0n) is 21.5. The van der Waals surface area contributed by atoms with Gasteiger partial charge in [-0.15, -0.1) is 0 Å². The maximum Gasteiger partial charge on any atom is 0.478 e. The summed E-state index contributed by atoms with van der Waals surface area (Å²) in [5.74, 6) is -3.50. The van der Waals surface area contributed by atoms with Crippen LogP contribution in [0.5, 0.6) is 0 Å². The summed E-state index contributed by atoms with van der Waals surface area (Å²) < 4.78 is 71.7. The molecule has 11 nitrogen and oxygen atoms in total. The van der Waals surface area contributed by atoms with Crippen LogP contribution < -0.4 is 10.6 Å². The van der Waals surface area contributed by atoms with Crippen molar-refractivity contribution in [2.75, 3.05) is 32.2 Å². The Kier molecular flexibility index (Phi) is 12.1. The number of hydrogen-bond acceptors (Lipinski definition) is 10. The first-order chi connectivity index (χ1) is 17.6. The lowest BCUT2D eigenvalue weighted by Crippen LogP contribution is -2.50. The van der Waals surface area contributed by atoms with Crippen molar-refractivity contribution in [1.82, 2.24) is 10.6 Å². The normalized spacial score (nSPS) is 27.3. The van der Waals surface area contributed by atoms with Crippen LogP contribution in [0.2, 0.25) is 0 Å². The van der Waals surface area contributed by atoms with E-state index < -0.39 is 56.0 Å². The standard InChI is InChI=1S/C22H34F3N2O9PS/c1-14(28)38-11-10-26-17(29)8-9-27-19(30)18-21(2,3)12-34-37(32,36-18)35-13-33-20(31)15-4-6-16(7-5-15)22(23,24)25/h15-16,18H,4-13H2,1-3H3,(H,26,29)(H,27,30)/t15?,16?,18-,37?/m0/s1. The van der Waals surface area contributed by atoms with E-state index in [4.69, 9.17) is 18.3 Å². The summed E-state index contributed by atoms with van der Waals surface area (Å²) in [6, 6.07) is 0. The molecule has 38 heavy (non-hydrogen) atoms. The summed E-state index contributed by atoms with van der Waals surface area (Å²) in [7, 11) is -4.31. The van der Waals surface area contributed by atoms with Crippen LogP contribution in [-0.2, 0) is 42.1 Å². The number of carbonyl (C=O) groups is 4. The molecule has 0 aromatic carbocycles. The van der Waals surface area contributed by atoms with Crippen molar-refractivity contribution in [2.24, 2.45) is 17.3 Å². The first-order valence-electron chi connectivity index (χ1n) is 12.1. The van der Waals surface area contributed by atoms with Crippen molar-refractivity contribution in [3.63, 3.8) is 0 Å². The Morgan fingerprint density at radius 2 is 1.74 bits per heavy atom. The van der Waals surface area contributed by atoms with Crippen LogP contribution in [0, 0.1) is 17.3 Å². The van der Waals surface area contributed by atoms with Crippen molar-refractivity contribution >= 4 is 42.5 Å². The first-order valence-corrected chi connectivity index (χ1v) is 14.6. The fourth-order valence-corrected chi connectivity index (χ4v) is 5.88. The molecule has 0 aromatic heterocycles. The Balaban J connectivity index is 1.76. The van der Waals surface area contributed by atoms with Crippen LogP contribution in [0.25, 0.3) is 0 Å². The molecule has 1 aliphatic carbocycles. The summed E-state index contributed by atoms with van der Waals surface area (Å²) in [6.07, 6.45) is -5.94. The van der Waals surface area contributed by atoms with Gasteiger partial charge in [-0.05, 0) is 25.7 Å². The Bertz CT molecular complexity index is 911. The van der Waals surface area contributed by atoms with Gasteiger partial charge in [-0.3, -0.25) is 28.2 Å². The molecule has 1 aliphatic heterocycles. The molecular weight excluding hydrogens is 556 g/mol. The van der Waals surface area contributed by atoms with Crippen molar-refractivity contribution in [1.29, 1.82) is 0 Å². The van der Waals surface area contributed by atoms with Crippen molar-refractivity contribution in [3.8, 4) is 0 Å². The average molecular weight is 591 g/mol. The van der Waals surface area contributed by atoms with E-state index in [9.17, 15) is 36.9 Å². The minimum atomic E-state index is -4.31. The summed E-state index contributed by atoms with van der Waals surface area (Å²) >= 11 is 1.08. The minimum absolute atomic E-state index is 0.0134. The van der Waals surface area contributed by atoms with E-state index in [1.165, 1.54) is 6.92 Å². The summed E-state index contributed by atoms with van der Waals surface area (Å²) in [5.41, 5.74) is -0.915. The maximum absolute atomic E-state index is 12.9. The van der Waals surface area contributed by atoms with Gasteiger partial charge in [0, 0.05) is 37.6 Å². The number of esters is 1. The van der Waals surface area contributed by atoms with Crippen molar-refractivity contribution in [3.05, 3.63) is 0 Å². The SMILES string of the molecule is CC(=O)SCCNC(=O)CCNC(=O)[C@@H]1OP(=O)(OCOC(=O)C2CCC(C(F)(F)F)CC2)OCC1(C)C. The van der Waals surface area contributed by atoms with Gasteiger partial charge < -0.3 is 15.4 Å². The van der Waals surface area contributed by atoms with Gasteiger partial charge in [-0.1, -0.05) is 25.6 Å². The van der Waals surface area contributed by atoms with Gasteiger partial charge in [0.1, 0.15) is 0 Å². The van der Waals surface area contributed by atoms with E-state index in [1.54, 1.807) is 13.8 Å². The van der Waals surface area contributed by atoms with Crippen LogP contribution in [0.1, 0.15) is 52.9 Å². The quantitative estimate of drug-likeness (QED) is 0.159. The average Bonchev–Trinajstić information content (AvgIpc) is 2.83. The third-order valence-corrected chi connectivity index (χ3v) is 8.24. The maximum atomic E-state index is 12.9. The second kappa shape index (κ2) is 14.1. The van der Waals surface area contributed by atoms with Crippen LogP contribution >= 0.6 is 19.6 Å². The molecule has 2 atom stereocenters. The van der Waals surface area contributed by atoms with Gasteiger partial charge in [0.15, 0.2) is 11.2 Å². The summed E-state index contributed by atoms with van der Waals surface area (Å²) in [6.45, 7) is 3.95. The number of hydrogen-bond donors (Lipinski definition) is 2. The van der Waals surface area contributed by atoms with Gasteiger partial charge in [0.2, 0.25) is 18.6 Å². The molecule has 2 fully saturated rings. The van der Waals surface area contributed by atoms with Gasteiger partial charge in [-0.25, -0.2) is 9.09 Å². The van der Waals surface area contributed by atoms with E-state index in [0.717, 1.165) is 11.8 Å². The Morgan fingerprint density at radius 3 is 2.34 bits per heavy atom. The molecule has 0 bridgehead atoms. The molecule has 1 unspecified atom stereocenters.